The summed E-state index contributed by atoms with van der Waals surface area (Å²) in [6.07, 6.45) is 15.5. The lowest BCUT2D eigenvalue weighted by Gasteiger charge is -2.28. The van der Waals surface area contributed by atoms with Gasteiger partial charge in [-0.3, -0.25) is 4.79 Å². The second kappa shape index (κ2) is 22.1. The minimum atomic E-state index is -2.58. The fraction of sp³-hybridized carbons (Fsp3) is 0.957. The Morgan fingerprint density at radius 3 is 1.60 bits per heavy atom. The predicted molar refractivity (Wildman–Crippen MR) is 130 cm³/mol. The third-order valence-corrected chi connectivity index (χ3v) is 8.85. The molecule has 0 heterocycles. The average molecular weight is 465 g/mol. The lowest BCUT2D eigenvalue weighted by atomic mass is 10.1. The molecule has 7 heteroatoms. The van der Waals surface area contributed by atoms with Crippen molar-refractivity contribution in [3.05, 3.63) is 0 Å². The third-order valence-electron chi connectivity index (χ3n) is 4.94. The molecule has 0 spiro atoms. The van der Waals surface area contributed by atoms with Gasteiger partial charge in [-0.2, -0.15) is 0 Å². The van der Waals surface area contributed by atoms with Crippen LogP contribution in [0.1, 0.15) is 111 Å². The molecule has 0 aliphatic carbocycles. The minimum absolute atomic E-state index is 0.0983. The highest BCUT2D eigenvalue weighted by atomic mass is 32.2. The van der Waals surface area contributed by atoms with E-state index in [4.69, 9.17) is 17.5 Å². The summed E-state index contributed by atoms with van der Waals surface area (Å²) in [4.78, 5) is 11.9. The Balaban J connectivity index is 3.62. The molecule has 0 amide bonds. The second-order valence-corrected chi connectivity index (χ2v) is 11.2. The Morgan fingerprint density at radius 2 is 1.13 bits per heavy atom. The number of hydrogen-bond donors (Lipinski definition) is 0. The van der Waals surface area contributed by atoms with E-state index in [-0.39, 0.29) is 5.97 Å². The van der Waals surface area contributed by atoms with Gasteiger partial charge in [0, 0.05) is 38.0 Å². The Hall–Kier alpha value is -0.0831. The van der Waals surface area contributed by atoms with Crippen molar-refractivity contribution in [2.24, 2.45) is 0 Å². The largest absolute Gasteiger partial charge is 0.500 e. The van der Waals surface area contributed by atoms with Crippen LogP contribution in [-0.2, 0) is 22.3 Å². The van der Waals surface area contributed by atoms with Crippen molar-refractivity contribution in [2.45, 2.75) is 117 Å². The lowest BCUT2D eigenvalue weighted by Crippen LogP contribution is -2.46. The van der Waals surface area contributed by atoms with Crippen LogP contribution in [0.15, 0.2) is 0 Å². The van der Waals surface area contributed by atoms with Crippen molar-refractivity contribution in [3.63, 3.8) is 0 Å². The van der Waals surface area contributed by atoms with Gasteiger partial charge in [0.15, 0.2) is 0 Å². The van der Waals surface area contributed by atoms with Gasteiger partial charge in [0.05, 0.1) is 12.0 Å². The summed E-state index contributed by atoms with van der Waals surface area (Å²) < 4.78 is 22.8. The molecule has 0 aromatic carbocycles. The first kappa shape index (κ1) is 29.9. The smallest absolute Gasteiger partial charge is 0.391 e. The molecule has 0 saturated heterocycles. The highest BCUT2D eigenvalue weighted by Gasteiger charge is 2.39. The van der Waals surface area contributed by atoms with Gasteiger partial charge in [-0.25, -0.2) is 0 Å². The summed E-state index contributed by atoms with van der Waals surface area (Å²) in [5, 5.41) is 0. The number of carbonyl (C=O) groups is 1. The zero-order valence-electron chi connectivity index (χ0n) is 20.2. The standard InChI is InChI=1S/C23H48O5SSi/c1-5-9-10-11-12-13-14-15-16-17-18-20-23(24)28-29-21-19-22-30(25-6-2,26-7-3)27-8-4/h5-22H2,1-4H3. The molecule has 30 heavy (non-hydrogen) atoms. The monoisotopic (exact) mass is 464 g/mol. The first-order valence-corrected chi connectivity index (χ1v) is 15.2. The zero-order valence-corrected chi connectivity index (χ0v) is 22.0. The van der Waals surface area contributed by atoms with Crippen LogP contribution in [0.4, 0.5) is 0 Å². The Morgan fingerprint density at radius 1 is 0.667 bits per heavy atom. The quantitative estimate of drug-likeness (QED) is 0.0897. The number of carbonyl (C=O) groups excluding carboxylic acids is 1. The van der Waals surface area contributed by atoms with E-state index in [2.05, 4.69) is 6.92 Å². The van der Waals surface area contributed by atoms with Crippen LogP contribution in [0.2, 0.25) is 6.04 Å². The Bertz CT molecular complexity index is 368. The molecule has 0 bridgehead atoms. The van der Waals surface area contributed by atoms with Crippen molar-refractivity contribution in [2.75, 3.05) is 25.6 Å². The van der Waals surface area contributed by atoms with E-state index >= 15 is 0 Å². The topological polar surface area (TPSA) is 54.0 Å². The fourth-order valence-electron chi connectivity index (χ4n) is 3.43. The van der Waals surface area contributed by atoms with E-state index in [1.54, 1.807) is 0 Å². The maximum Gasteiger partial charge on any atom is 0.500 e. The zero-order chi connectivity index (χ0) is 22.3. The van der Waals surface area contributed by atoms with Crippen LogP contribution in [0, 0.1) is 0 Å². The van der Waals surface area contributed by atoms with Gasteiger partial charge in [0.25, 0.3) is 0 Å². The molecular formula is C23H48O5SSi. The molecule has 0 N–H and O–H groups in total. The maximum absolute atomic E-state index is 11.9. The van der Waals surface area contributed by atoms with E-state index < -0.39 is 8.80 Å². The van der Waals surface area contributed by atoms with E-state index in [0.717, 1.165) is 31.1 Å². The predicted octanol–water partition coefficient (Wildman–Crippen LogP) is 7.32. The second-order valence-electron chi connectivity index (χ2n) is 7.65. The van der Waals surface area contributed by atoms with E-state index in [1.165, 1.54) is 69.8 Å². The van der Waals surface area contributed by atoms with Crippen molar-refractivity contribution in [1.82, 2.24) is 0 Å². The van der Waals surface area contributed by atoms with Gasteiger partial charge in [-0.1, -0.05) is 71.1 Å². The van der Waals surface area contributed by atoms with Crippen LogP contribution >= 0.6 is 12.0 Å². The molecule has 0 rings (SSSR count). The van der Waals surface area contributed by atoms with Crippen molar-refractivity contribution < 1.29 is 22.3 Å². The molecule has 0 aromatic rings. The van der Waals surface area contributed by atoms with Crippen LogP contribution in [-0.4, -0.2) is 40.3 Å². The summed E-state index contributed by atoms with van der Waals surface area (Å²) in [6.45, 7) is 9.92. The number of unbranched alkanes of at least 4 members (excludes halogenated alkanes) is 10. The SMILES string of the molecule is CCCCCCCCCCCCCC(=O)OSCCC[Si](OCC)(OCC)OCC. The average Bonchev–Trinajstić information content (AvgIpc) is 2.72. The molecule has 180 valence electrons. The summed E-state index contributed by atoms with van der Waals surface area (Å²) >= 11 is 1.25. The summed E-state index contributed by atoms with van der Waals surface area (Å²) in [5.74, 6) is 0.644. The molecule has 0 unspecified atom stereocenters. The van der Waals surface area contributed by atoms with Crippen LogP contribution in [0.5, 0.6) is 0 Å². The van der Waals surface area contributed by atoms with Gasteiger partial charge in [0.1, 0.15) is 0 Å². The number of hydrogen-bond acceptors (Lipinski definition) is 6. The van der Waals surface area contributed by atoms with Gasteiger partial charge in [-0.15, -0.1) is 0 Å². The summed E-state index contributed by atoms with van der Waals surface area (Å²) in [5.41, 5.74) is 0. The molecule has 0 atom stereocenters. The highest BCUT2D eigenvalue weighted by Crippen LogP contribution is 2.20. The first-order valence-electron chi connectivity index (χ1n) is 12.4. The van der Waals surface area contributed by atoms with Crippen LogP contribution in [0.25, 0.3) is 0 Å². The molecule has 0 saturated carbocycles. The molecule has 0 aliphatic rings. The van der Waals surface area contributed by atoms with Crippen molar-refractivity contribution in [3.8, 4) is 0 Å². The lowest BCUT2D eigenvalue weighted by molar-refractivity contribution is -0.133. The summed E-state index contributed by atoms with van der Waals surface area (Å²) in [6, 6.07) is 0.756. The van der Waals surface area contributed by atoms with Crippen molar-refractivity contribution >= 4 is 26.8 Å². The van der Waals surface area contributed by atoms with Gasteiger partial charge >= 0.3 is 14.8 Å². The van der Waals surface area contributed by atoms with Gasteiger partial charge in [0.2, 0.25) is 0 Å². The Kier molecular flexibility index (Phi) is 22.1. The van der Waals surface area contributed by atoms with E-state index in [1.807, 2.05) is 20.8 Å². The molecular weight excluding hydrogens is 416 g/mol. The Labute approximate surface area is 191 Å². The summed E-state index contributed by atoms with van der Waals surface area (Å²) in [7, 11) is -2.58. The molecule has 0 radical (unpaired) electrons. The normalized spacial score (nSPS) is 11.7. The van der Waals surface area contributed by atoms with Gasteiger partial charge in [-0.05, 0) is 33.6 Å². The highest BCUT2D eigenvalue weighted by molar-refractivity contribution is 7.95. The van der Waals surface area contributed by atoms with Gasteiger partial charge < -0.3 is 17.5 Å². The molecule has 0 aliphatic heterocycles. The maximum atomic E-state index is 11.9. The molecule has 0 fully saturated rings. The van der Waals surface area contributed by atoms with Crippen LogP contribution in [0.3, 0.4) is 0 Å². The minimum Gasteiger partial charge on any atom is -0.391 e. The molecule has 5 nitrogen and oxygen atoms in total. The third kappa shape index (κ3) is 17.6. The van der Waals surface area contributed by atoms with Crippen molar-refractivity contribution in [1.29, 1.82) is 0 Å². The van der Waals surface area contributed by atoms with E-state index in [9.17, 15) is 4.79 Å². The first-order chi connectivity index (χ1) is 14.6. The van der Waals surface area contributed by atoms with Crippen LogP contribution < -0.4 is 0 Å². The fourth-order valence-corrected chi connectivity index (χ4v) is 6.86. The van der Waals surface area contributed by atoms with E-state index in [0.29, 0.717) is 26.2 Å². The molecule has 0 aromatic heterocycles. The number of rotatable bonds is 23.